The average molecular weight is 268 g/mol. The Bertz CT molecular complexity index is 471. The molecule has 0 radical (unpaired) electrons. The van der Waals surface area contributed by atoms with Crippen molar-refractivity contribution in [2.75, 3.05) is 24.7 Å². The number of hydrogen-bond donors (Lipinski definition) is 0. The highest BCUT2D eigenvalue weighted by Gasteiger charge is 2.29. The molecule has 1 aromatic carbocycles. The van der Waals surface area contributed by atoms with E-state index in [1.807, 2.05) is 6.07 Å². The Morgan fingerprint density at radius 1 is 1.44 bits per heavy atom. The van der Waals surface area contributed by atoms with Gasteiger partial charge in [0.2, 0.25) is 0 Å². The summed E-state index contributed by atoms with van der Waals surface area (Å²) >= 11 is 5.92. The topological polar surface area (TPSA) is 38.8 Å². The summed E-state index contributed by atoms with van der Waals surface area (Å²) in [4.78, 5) is 13.7. The van der Waals surface area contributed by atoms with Gasteiger partial charge < -0.3 is 14.4 Å². The molecule has 1 saturated heterocycles. The van der Waals surface area contributed by atoms with E-state index in [1.165, 1.54) is 0 Å². The molecule has 1 unspecified atom stereocenters. The van der Waals surface area contributed by atoms with Crippen LogP contribution >= 0.6 is 11.6 Å². The van der Waals surface area contributed by atoms with Crippen LogP contribution in [0.5, 0.6) is 5.75 Å². The monoisotopic (exact) mass is 267 g/mol. The lowest BCUT2D eigenvalue weighted by Gasteiger charge is -2.31. The van der Waals surface area contributed by atoms with Gasteiger partial charge in [0.25, 0.3) is 5.91 Å². The minimum absolute atomic E-state index is 0.0275. The predicted octanol–water partition coefficient (Wildman–Crippen LogP) is 2.24. The van der Waals surface area contributed by atoms with Crippen LogP contribution in [0.1, 0.15) is 12.8 Å². The molecule has 0 N–H and O–H groups in total. The highest BCUT2D eigenvalue weighted by atomic mass is 35.5. The lowest BCUT2D eigenvalue weighted by atomic mass is 10.2. The van der Waals surface area contributed by atoms with Crippen molar-refractivity contribution in [3.05, 3.63) is 23.2 Å². The molecule has 0 bridgehead atoms. The Kier molecular flexibility index (Phi) is 3.14. The Labute approximate surface area is 110 Å². The van der Waals surface area contributed by atoms with E-state index in [1.54, 1.807) is 17.0 Å². The molecule has 18 heavy (non-hydrogen) atoms. The van der Waals surface area contributed by atoms with Crippen molar-refractivity contribution in [2.45, 2.75) is 18.9 Å². The van der Waals surface area contributed by atoms with E-state index in [4.69, 9.17) is 21.1 Å². The van der Waals surface area contributed by atoms with E-state index in [0.717, 1.165) is 25.1 Å². The van der Waals surface area contributed by atoms with E-state index in [2.05, 4.69) is 0 Å². The number of nitrogens with zero attached hydrogens (tertiary/aromatic N) is 1. The maximum absolute atomic E-state index is 11.9. The Hall–Kier alpha value is -1.26. The fourth-order valence-electron chi connectivity index (χ4n) is 2.37. The number of benzene rings is 1. The largest absolute Gasteiger partial charge is 0.482 e. The van der Waals surface area contributed by atoms with E-state index in [0.29, 0.717) is 17.3 Å². The summed E-state index contributed by atoms with van der Waals surface area (Å²) in [5.41, 5.74) is 0.783. The molecule has 1 fully saturated rings. The van der Waals surface area contributed by atoms with E-state index >= 15 is 0 Å². The van der Waals surface area contributed by atoms with Crippen molar-refractivity contribution in [2.24, 2.45) is 0 Å². The SMILES string of the molecule is O=C1COc2cc(Cl)ccc2N1CC1CCCO1. The second-order valence-corrected chi connectivity index (χ2v) is 4.98. The molecule has 1 amide bonds. The zero-order valence-electron chi connectivity index (χ0n) is 9.89. The summed E-state index contributed by atoms with van der Waals surface area (Å²) in [6.07, 6.45) is 2.21. The molecule has 5 heteroatoms. The second-order valence-electron chi connectivity index (χ2n) is 4.54. The van der Waals surface area contributed by atoms with Crippen LogP contribution in [0, 0.1) is 0 Å². The summed E-state index contributed by atoms with van der Waals surface area (Å²) in [7, 11) is 0. The smallest absolute Gasteiger partial charge is 0.265 e. The fourth-order valence-corrected chi connectivity index (χ4v) is 2.53. The molecule has 1 atom stereocenters. The van der Waals surface area contributed by atoms with Gasteiger partial charge in [-0.15, -0.1) is 0 Å². The van der Waals surface area contributed by atoms with Gasteiger partial charge in [-0.3, -0.25) is 4.79 Å². The third-order valence-electron chi connectivity index (χ3n) is 3.28. The third-order valence-corrected chi connectivity index (χ3v) is 3.51. The standard InChI is InChI=1S/C13H14ClNO3/c14-9-3-4-11-12(6-9)18-8-13(16)15(11)7-10-2-1-5-17-10/h3-4,6,10H,1-2,5,7-8H2. The van der Waals surface area contributed by atoms with Gasteiger partial charge in [-0.05, 0) is 25.0 Å². The van der Waals surface area contributed by atoms with Gasteiger partial charge in [0.1, 0.15) is 5.75 Å². The highest BCUT2D eigenvalue weighted by Crippen LogP contribution is 2.35. The zero-order chi connectivity index (χ0) is 12.5. The maximum atomic E-state index is 11.9. The normalized spacial score (nSPS) is 22.8. The number of anilines is 1. The summed E-state index contributed by atoms with van der Waals surface area (Å²) in [6, 6.07) is 5.33. The van der Waals surface area contributed by atoms with Gasteiger partial charge in [-0.25, -0.2) is 0 Å². The van der Waals surface area contributed by atoms with Gasteiger partial charge in [0.15, 0.2) is 6.61 Å². The quantitative estimate of drug-likeness (QED) is 0.825. The molecule has 2 heterocycles. The number of amides is 1. The van der Waals surface area contributed by atoms with Crippen LogP contribution < -0.4 is 9.64 Å². The molecule has 96 valence electrons. The van der Waals surface area contributed by atoms with Crippen molar-refractivity contribution < 1.29 is 14.3 Å². The van der Waals surface area contributed by atoms with E-state index < -0.39 is 0 Å². The van der Waals surface area contributed by atoms with Crippen molar-refractivity contribution >= 4 is 23.2 Å². The Morgan fingerprint density at radius 3 is 3.11 bits per heavy atom. The number of fused-ring (bicyclic) bond motifs is 1. The summed E-state index contributed by atoms with van der Waals surface area (Å²) in [5, 5.41) is 0.611. The van der Waals surface area contributed by atoms with Gasteiger partial charge in [-0.2, -0.15) is 0 Å². The molecule has 2 aliphatic rings. The third kappa shape index (κ3) is 2.18. The first kappa shape index (κ1) is 11.8. The molecule has 4 nitrogen and oxygen atoms in total. The molecular weight excluding hydrogens is 254 g/mol. The fraction of sp³-hybridized carbons (Fsp3) is 0.462. The van der Waals surface area contributed by atoms with Gasteiger partial charge in [-0.1, -0.05) is 11.6 Å². The van der Waals surface area contributed by atoms with Crippen molar-refractivity contribution in [3.63, 3.8) is 0 Å². The minimum Gasteiger partial charge on any atom is -0.482 e. The molecule has 0 saturated carbocycles. The van der Waals surface area contributed by atoms with Gasteiger partial charge >= 0.3 is 0 Å². The zero-order valence-corrected chi connectivity index (χ0v) is 10.7. The molecule has 0 aliphatic carbocycles. The molecule has 1 aromatic rings. The van der Waals surface area contributed by atoms with Crippen molar-refractivity contribution in [1.29, 1.82) is 0 Å². The Morgan fingerprint density at radius 2 is 2.33 bits per heavy atom. The minimum atomic E-state index is -0.0275. The summed E-state index contributed by atoms with van der Waals surface area (Å²) in [5.74, 6) is 0.639. The first-order chi connectivity index (χ1) is 8.74. The number of carbonyl (C=O) groups excluding carboxylic acids is 1. The van der Waals surface area contributed by atoms with Crippen molar-refractivity contribution in [1.82, 2.24) is 0 Å². The van der Waals surface area contributed by atoms with E-state index in [-0.39, 0.29) is 18.6 Å². The van der Waals surface area contributed by atoms with Crippen LogP contribution in [0.2, 0.25) is 5.02 Å². The average Bonchev–Trinajstić information content (AvgIpc) is 2.86. The molecule has 2 aliphatic heterocycles. The maximum Gasteiger partial charge on any atom is 0.265 e. The molecule has 3 rings (SSSR count). The summed E-state index contributed by atoms with van der Waals surface area (Å²) in [6.45, 7) is 1.45. The van der Waals surface area contributed by atoms with E-state index in [9.17, 15) is 4.79 Å². The molecule has 0 aromatic heterocycles. The van der Waals surface area contributed by atoms with Crippen LogP contribution in [0.4, 0.5) is 5.69 Å². The number of hydrogen-bond acceptors (Lipinski definition) is 3. The van der Waals surface area contributed by atoms with Crippen LogP contribution in [0.15, 0.2) is 18.2 Å². The lowest BCUT2D eigenvalue weighted by Crippen LogP contribution is -2.43. The highest BCUT2D eigenvalue weighted by molar-refractivity contribution is 6.30. The molecule has 0 spiro atoms. The van der Waals surface area contributed by atoms with Crippen LogP contribution in [-0.2, 0) is 9.53 Å². The molecular formula is C13H14ClNO3. The lowest BCUT2D eigenvalue weighted by molar-refractivity contribution is -0.121. The van der Waals surface area contributed by atoms with Crippen LogP contribution in [-0.4, -0.2) is 31.8 Å². The van der Waals surface area contributed by atoms with Crippen LogP contribution in [0.25, 0.3) is 0 Å². The first-order valence-corrected chi connectivity index (χ1v) is 6.46. The van der Waals surface area contributed by atoms with Crippen molar-refractivity contribution in [3.8, 4) is 5.75 Å². The van der Waals surface area contributed by atoms with Gasteiger partial charge in [0.05, 0.1) is 18.3 Å². The number of rotatable bonds is 2. The van der Waals surface area contributed by atoms with Gasteiger partial charge in [0, 0.05) is 17.7 Å². The second kappa shape index (κ2) is 4.78. The number of carbonyl (C=O) groups is 1. The number of halogens is 1. The number of ether oxygens (including phenoxy) is 2. The predicted molar refractivity (Wildman–Crippen MR) is 68.3 cm³/mol. The first-order valence-electron chi connectivity index (χ1n) is 6.08. The van der Waals surface area contributed by atoms with Crippen LogP contribution in [0.3, 0.4) is 0 Å². The summed E-state index contributed by atoms with van der Waals surface area (Å²) < 4.78 is 11.0. The Balaban J connectivity index is 1.86.